The molecule has 4 heterocycles. The number of hydrogen-bond acceptors (Lipinski definition) is 7. The molecule has 2 aromatic rings. The van der Waals surface area contributed by atoms with Crippen LogP contribution in [0.3, 0.4) is 0 Å². The molecule has 1 saturated heterocycles. The first-order valence-electron chi connectivity index (χ1n) is 12.1. The number of alkyl halides is 2. The second-order valence-electron chi connectivity index (χ2n) is 9.68. The number of anilines is 1. The van der Waals surface area contributed by atoms with E-state index < -0.39 is 30.0 Å². The Hall–Kier alpha value is -2.34. The highest BCUT2D eigenvalue weighted by atomic mass is 35.5. The van der Waals surface area contributed by atoms with Crippen LogP contribution in [0.1, 0.15) is 35.8 Å². The molecule has 0 radical (unpaired) electrons. The molecule has 200 valence electrons. The number of hydrazone groups is 1. The first-order chi connectivity index (χ1) is 17.6. The van der Waals surface area contributed by atoms with Crippen LogP contribution in [0.4, 0.5) is 23.7 Å². The number of rotatable bonds is 5. The Morgan fingerprint density at radius 2 is 2.11 bits per heavy atom. The number of carbonyl (C=O) groups is 1. The monoisotopic (exact) mass is 556 g/mol. The van der Waals surface area contributed by atoms with E-state index >= 15 is 0 Å². The van der Waals surface area contributed by atoms with E-state index in [2.05, 4.69) is 15.3 Å². The predicted octanol–water partition coefficient (Wildman–Crippen LogP) is 5.32. The molecule has 3 aliphatic rings. The molecule has 5 rings (SSSR count). The molecular formula is C25H28ClF3N4O3S. The minimum atomic E-state index is -3.03. The number of nitrogens with zero attached hydrogens (tertiary/aromatic N) is 3. The molecular weight excluding hydrogens is 529 g/mol. The van der Waals surface area contributed by atoms with Gasteiger partial charge in [-0.3, -0.25) is 5.01 Å². The van der Waals surface area contributed by atoms with Crippen LogP contribution in [-0.2, 0) is 27.6 Å². The summed E-state index contributed by atoms with van der Waals surface area (Å²) in [7, 11) is 1.46. The van der Waals surface area contributed by atoms with Gasteiger partial charge in [0.2, 0.25) is 0 Å². The highest BCUT2D eigenvalue weighted by Gasteiger charge is 2.51. The SMILES string of the molecule is CNC(=O)OCc1cccc(F)c1N1CC(CN2CCC3(CC2)OCC(F)(F)c2cc(Cl)sc23)C(C)=N1. The van der Waals surface area contributed by atoms with Gasteiger partial charge in [0.25, 0.3) is 5.92 Å². The summed E-state index contributed by atoms with van der Waals surface area (Å²) in [5.41, 5.74) is 0.963. The Bertz CT molecular complexity index is 1220. The Labute approximate surface area is 222 Å². The van der Waals surface area contributed by atoms with Crippen molar-refractivity contribution in [3.63, 3.8) is 0 Å². The van der Waals surface area contributed by atoms with Crippen molar-refractivity contribution in [1.29, 1.82) is 0 Å². The Kier molecular flexibility index (Phi) is 7.16. The maximum atomic E-state index is 14.8. The molecule has 1 amide bonds. The van der Waals surface area contributed by atoms with Crippen molar-refractivity contribution in [2.45, 2.75) is 37.9 Å². The average Bonchev–Trinajstić information content (AvgIpc) is 3.45. The lowest BCUT2D eigenvalue weighted by molar-refractivity contribution is -0.181. The number of halogens is 4. The maximum Gasteiger partial charge on any atom is 0.407 e. The Balaban J connectivity index is 1.24. The van der Waals surface area contributed by atoms with Gasteiger partial charge in [0, 0.05) is 54.3 Å². The highest BCUT2D eigenvalue weighted by Crippen LogP contribution is 2.52. The van der Waals surface area contributed by atoms with Gasteiger partial charge in [0.05, 0.1) is 10.9 Å². The minimum absolute atomic E-state index is 0.00213. The van der Waals surface area contributed by atoms with Gasteiger partial charge in [0.1, 0.15) is 30.3 Å². The fourth-order valence-corrected chi connectivity index (χ4v) is 6.77. The lowest BCUT2D eigenvalue weighted by Gasteiger charge is -2.45. The number of para-hydroxylation sites is 1. The van der Waals surface area contributed by atoms with Crippen LogP contribution in [0.5, 0.6) is 0 Å². The van der Waals surface area contributed by atoms with E-state index in [9.17, 15) is 18.0 Å². The van der Waals surface area contributed by atoms with Crippen LogP contribution in [0.25, 0.3) is 0 Å². The lowest BCUT2D eigenvalue weighted by Crippen LogP contribution is -2.50. The Morgan fingerprint density at radius 3 is 2.84 bits per heavy atom. The molecule has 1 N–H and O–H groups in total. The van der Waals surface area contributed by atoms with E-state index in [-0.39, 0.29) is 18.1 Å². The van der Waals surface area contributed by atoms with Crippen molar-refractivity contribution in [2.75, 3.05) is 44.8 Å². The molecule has 0 bridgehead atoms. The fraction of sp³-hybridized carbons (Fsp3) is 0.520. The van der Waals surface area contributed by atoms with Crippen LogP contribution in [0.15, 0.2) is 29.4 Å². The summed E-state index contributed by atoms with van der Waals surface area (Å²) in [6.45, 7) is 3.74. The highest BCUT2D eigenvalue weighted by molar-refractivity contribution is 7.16. The van der Waals surface area contributed by atoms with Crippen LogP contribution in [-0.4, -0.2) is 56.5 Å². The number of fused-ring (bicyclic) bond motifs is 2. The summed E-state index contributed by atoms with van der Waals surface area (Å²) < 4.78 is 55.0. The number of likely N-dealkylation sites (tertiary alicyclic amines) is 1. The number of carbonyl (C=O) groups excluding carboxylic acids is 1. The number of piperidine rings is 1. The van der Waals surface area contributed by atoms with Crippen molar-refractivity contribution >= 4 is 40.4 Å². The number of benzene rings is 1. The van der Waals surface area contributed by atoms with E-state index in [4.69, 9.17) is 21.1 Å². The molecule has 1 unspecified atom stereocenters. The number of thiophene rings is 1. The van der Waals surface area contributed by atoms with Crippen molar-refractivity contribution < 1.29 is 27.4 Å². The topological polar surface area (TPSA) is 66.4 Å². The molecule has 1 spiro atoms. The molecule has 12 heteroatoms. The van der Waals surface area contributed by atoms with Crippen LogP contribution in [0.2, 0.25) is 4.34 Å². The van der Waals surface area contributed by atoms with Gasteiger partial charge in [0.15, 0.2) is 0 Å². The molecule has 1 fully saturated rings. The third-order valence-corrected chi connectivity index (χ3v) is 8.79. The zero-order chi connectivity index (χ0) is 26.4. The fourth-order valence-electron chi connectivity index (χ4n) is 5.29. The van der Waals surface area contributed by atoms with E-state index in [1.807, 2.05) is 6.92 Å². The number of amides is 1. The van der Waals surface area contributed by atoms with Gasteiger partial charge in [-0.05, 0) is 31.9 Å². The molecule has 1 aromatic heterocycles. The number of nitrogens with one attached hydrogen (secondary N) is 1. The second-order valence-corrected chi connectivity index (χ2v) is 11.4. The van der Waals surface area contributed by atoms with E-state index in [1.54, 1.807) is 17.1 Å². The van der Waals surface area contributed by atoms with Gasteiger partial charge in [-0.1, -0.05) is 23.7 Å². The largest absolute Gasteiger partial charge is 0.445 e. The zero-order valence-corrected chi connectivity index (χ0v) is 22.1. The third kappa shape index (κ3) is 5.06. The zero-order valence-electron chi connectivity index (χ0n) is 20.5. The molecule has 0 aliphatic carbocycles. The van der Waals surface area contributed by atoms with Gasteiger partial charge in [-0.2, -0.15) is 13.9 Å². The summed E-state index contributed by atoms with van der Waals surface area (Å²) in [5, 5.41) is 8.62. The lowest BCUT2D eigenvalue weighted by atomic mass is 9.84. The Morgan fingerprint density at radius 1 is 1.35 bits per heavy atom. The van der Waals surface area contributed by atoms with Crippen molar-refractivity contribution in [3.8, 4) is 0 Å². The average molecular weight is 557 g/mol. The maximum absolute atomic E-state index is 14.8. The van der Waals surface area contributed by atoms with Gasteiger partial charge in [-0.15, -0.1) is 11.3 Å². The van der Waals surface area contributed by atoms with E-state index in [0.29, 0.717) is 59.5 Å². The number of hydrogen-bond donors (Lipinski definition) is 1. The summed E-state index contributed by atoms with van der Waals surface area (Å²) in [6, 6.07) is 6.02. The quantitative estimate of drug-likeness (QED) is 0.540. The number of alkyl carbamates (subject to hydrolysis) is 1. The van der Waals surface area contributed by atoms with Crippen LogP contribution in [0, 0.1) is 11.7 Å². The summed E-state index contributed by atoms with van der Waals surface area (Å²) in [6.07, 6.45) is 0.585. The van der Waals surface area contributed by atoms with Crippen molar-refractivity contribution in [1.82, 2.24) is 10.2 Å². The van der Waals surface area contributed by atoms with Gasteiger partial charge < -0.3 is 19.7 Å². The summed E-state index contributed by atoms with van der Waals surface area (Å²) in [5.74, 6) is -3.41. The molecule has 7 nitrogen and oxygen atoms in total. The van der Waals surface area contributed by atoms with Crippen LogP contribution < -0.4 is 10.3 Å². The standard InChI is InChI=1S/C25H28ClF3N4O3S/c1-15-17(12-33(31-15)21-16(4-3-5-19(21)27)13-35-23(34)30-2)11-32-8-6-24(7-9-32)22-18(10-20(26)37-22)25(28,29)14-36-24/h3-5,10,17H,6-9,11-14H2,1-2H3,(H,30,34). The van der Waals surface area contributed by atoms with E-state index in [1.165, 1.54) is 30.5 Å². The minimum Gasteiger partial charge on any atom is -0.445 e. The summed E-state index contributed by atoms with van der Waals surface area (Å²) >= 11 is 7.30. The van der Waals surface area contributed by atoms with Gasteiger partial charge in [-0.25, -0.2) is 9.18 Å². The molecule has 1 atom stereocenters. The normalized spacial score (nSPS) is 22.6. The smallest absolute Gasteiger partial charge is 0.407 e. The van der Waals surface area contributed by atoms with Crippen molar-refractivity contribution in [2.24, 2.45) is 11.0 Å². The molecule has 0 saturated carbocycles. The van der Waals surface area contributed by atoms with E-state index in [0.717, 1.165) is 5.71 Å². The van der Waals surface area contributed by atoms with Crippen molar-refractivity contribution in [3.05, 3.63) is 50.4 Å². The van der Waals surface area contributed by atoms with Crippen LogP contribution >= 0.6 is 22.9 Å². The molecule has 1 aromatic carbocycles. The first-order valence-corrected chi connectivity index (χ1v) is 13.3. The van der Waals surface area contributed by atoms with Gasteiger partial charge >= 0.3 is 6.09 Å². The second kappa shape index (κ2) is 10.1. The predicted molar refractivity (Wildman–Crippen MR) is 136 cm³/mol. The summed E-state index contributed by atoms with van der Waals surface area (Å²) in [4.78, 5) is 14.3. The molecule has 37 heavy (non-hydrogen) atoms. The third-order valence-electron chi connectivity index (χ3n) is 7.34. The molecule has 3 aliphatic heterocycles. The first kappa shape index (κ1) is 26.3. The number of ether oxygens (including phenoxy) is 2.